The van der Waals surface area contributed by atoms with E-state index in [4.69, 9.17) is 10.8 Å². The minimum absolute atomic E-state index is 0.0210. The molecular formula is C27H28F3NO5S. The van der Waals surface area contributed by atoms with Gasteiger partial charge in [0.25, 0.3) is 5.91 Å². The number of carbonyl (C=O) groups is 2. The fourth-order valence-corrected chi connectivity index (χ4v) is 6.84. The molecule has 6 nitrogen and oxygen atoms in total. The van der Waals surface area contributed by atoms with Crippen LogP contribution in [-0.2, 0) is 20.3 Å². The van der Waals surface area contributed by atoms with Gasteiger partial charge in [-0.1, -0.05) is 18.1 Å². The Morgan fingerprint density at radius 3 is 2.22 bits per heavy atom. The second-order valence-electron chi connectivity index (χ2n) is 10.9. The Labute approximate surface area is 213 Å². The number of benzene rings is 1. The highest BCUT2D eigenvalue weighted by atomic mass is 32.2. The Bertz CT molecular complexity index is 1390. The first kappa shape index (κ1) is 25.8. The topological polar surface area (TPSA) is 93.5 Å². The lowest BCUT2D eigenvalue weighted by Gasteiger charge is -2.39. The van der Waals surface area contributed by atoms with Gasteiger partial charge in [0, 0.05) is 30.1 Å². The molecule has 198 valence electrons. The third-order valence-corrected chi connectivity index (χ3v) is 9.91. The van der Waals surface area contributed by atoms with Crippen LogP contribution in [0, 0.1) is 17.8 Å². The Balaban J connectivity index is 1.38. The van der Waals surface area contributed by atoms with E-state index in [1.807, 2.05) is 0 Å². The van der Waals surface area contributed by atoms with Crippen molar-refractivity contribution >= 4 is 32.5 Å². The summed E-state index contributed by atoms with van der Waals surface area (Å²) in [6, 6.07) is 6.03. The summed E-state index contributed by atoms with van der Waals surface area (Å²) < 4.78 is 72.6. The third kappa shape index (κ3) is 5.02. The van der Waals surface area contributed by atoms with Crippen molar-refractivity contribution in [1.82, 2.24) is 5.32 Å². The number of hydrogen-bond donors (Lipinski definition) is 1. The standard InChI is InChI=1S/C27H28F3NO5S/c1-2-24(5-6-24)17-22(32)26(7-9-27(29,30)10-8-26)31-23(33)21-15-18-3-4-19(16-20(18)36-21)25(28)11-13-37(34,35)14-12-25/h1,3-4,15-16H,5-14,17H2,(H,31,33). The van der Waals surface area contributed by atoms with Crippen molar-refractivity contribution in [3.63, 3.8) is 0 Å². The summed E-state index contributed by atoms with van der Waals surface area (Å²) in [5.74, 6) is -1.97. The number of furan rings is 1. The Morgan fingerprint density at radius 2 is 1.62 bits per heavy atom. The number of amides is 1. The van der Waals surface area contributed by atoms with Crippen molar-refractivity contribution in [3.8, 4) is 12.3 Å². The molecule has 0 spiro atoms. The van der Waals surface area contributed by atoms with E-state index in [1.165, 1.54) is 12.1 Å². The quantitative estimate of drug-likeness (QED) is 0.534. The zero-order valence-electron chi connectivity index (χ0n) is 20.2. The highest BCUT2D eigenvalue weighted by Crippen LogP contribution is 2.50. The molecule has 1 saturated heterocycles. The van der Waals surface area contributed by atoms with E-state index in [1.54, 1.807) is 12.1 Å². The molecular weight excluding hydrogens is 507 g/mol. The third-order valence-electron chi connectivity index (χ3n) is 8.26. The van der Waals surface area contributed by atoms with Crippen molar-refractivity contribution in [2.45, 2.75) is 74.9 Å². The Hall–Kier alpha value is -2.80. The van der Waals surface area contributed by atoms with Gasteiger partial charge in [0.05, 0.1) is 17.0 Å². The predicted molar refractivity (Wildman–Crippen MR) is 131 cm³/mol. The van der Waals surface area contributed by atoms with Crippen LogP contribution in [0.1, 0.15) is 73.9 Å². The van der Waals surface area contributed by atoms with E-state index >= 15 is 4.39 Å². The normalized spacial score (nSPS) is 24.6. The molecule has 37 heavy (non-hydrogen) atoms. The molecule has 3 aliphatic rings. The van der Waals surface area contributed by atoms with Crippen molar-refractivity contribution in [2.24, 2.45) is 5.41 Å². The van der Waals surface area contributed by atoms with E-state index in [2.05, 4.69) is 11.2 Å². The minimum Gasteiger partial charge on any atom is -0.451 e. The molecule has 0 radical (unpaired) electrons. The molecule has 10 heteroatoms. The van der Waals surface area contributed by atoms with Gasteiger partial charge in [-0.15, -0.1) is 6.42 Å². The largest absolute Gasteiger partial charge is 0.451 e. The molecule has 5 rings (SSSR count). The van der Waals surface area contributed by atoms with Crippen molar-refractivity contribution in [2.75, 3.05) is 11.5 Å². The predicted octanol–water partition coefficient (Wildman–Crippen LogP) is 4.86. The number of nitrogens with one attached hydrogen (secondary N) is 1. The number of carbonyl (C=O) groups excluding carboxylic acids is 2. The number of terminal acetylenes is 1. The summed E-state index contributed by atoms with van der Waals surface area (Å²) in [5.41, 5.74) is -3.36. The van der Waals surface area contributed by atoms with Gasteiger partial charge in [-0.2, -0.15) is 0 Å². The average molecular weight is 536 g/mol. The summed E-state index contributed by atoms with van der Waals surface area (Å²) in [7, 11) is -3.26. The van der Waals surface area contributed by atoms with Gasteiger partial charge in [0.15, 0.2) is 21.4 Å². The van der Waals surface area contributed by atoms with Crippen LogP contribution >= 0.6 is 0 Å². The summed E-state index contributed by atoms with van der Waals surface area (Å²) in [4.78, 5) is 26.5. The van der Waals surface area contributed by atoms with Crippen LogP contribution in [0.25, 0.3) is 11.0 Å². The molecule has 3 fully saturated rings. The van der Waals surface area contributed by atoms with Gasteiger partial charge >= 0.3 is 0 Å². The van der Waals surface area contributed by atoms with Gasteiger partial charge in [0.2, 0.25) is 5.92 Å². The molecule has 0 unspecified atom stereocenters. The van der Waals surface area contributed by atoms with E-state index in [9.17, 15) is 26.8 Å². The number of hydrogen-bond acceptors (Lipinski definition) is 5. The first-order chi connectivity index (χ1) is 17.3. The maximum atomic E-state index is 15.5. The highest BCUT2D eigenvalue weighted by Gasteiger charge is 2.52. The smallest absolute Gasteiger partial charge is 0.287 e. The van der Waals surface area contributed by atoms with E-state index < -0.39 is 51.1 Å². The molecule has 1 aromatic carbocycles. The number of rotatable bonds is 6. The first-order valence-electron chi connectivity index (χ1n) is 12.4. The number of halogens is 3. The van der Waals surface area contributed by atoms with Crippen LogP contribution in [0.5, 0.6) is 0 Å². The van der Waals surface area contributed by atoms with E-state index in [0.29, 0.717) is 18.2 Å². The van der Waals surface area contributed by atoms with Crippen molar-refractivity contribution < 1.29 is 35.6 Å². The van der Waals surface area contributed by atoms with Crippen LogP contribution in [0.4, 0.5) is 13.2 Å². The lowest BCUT2D eigenvalue weighted by Crippen LogP contribution is -2.58. The van der Waals surface area contributed by atoms with Crippen molar-refractivity contribution in [3.05, 3.63) is 35.6 Å². The van der Waals surface area contributed by atoms with Gasteiger partial charge in [-0.3, -0.25) is 9.59 Å². The average Bonchev–Trinajstić information content (AvgIpc) is 3.49. The lowest BCUT2D eigenvalue weighted by atomic mass is 9.74. The monoisotopic (exact) mass is 535 g/mol. The fraction of sp³-hybridized carbons (Fsp3) is 0.556. The number of alkyl halides is 3. The molecule has 2 aliphatic carbocycles. The number of ketones is 1. The SMILES string of the molecule is C#CC1(CC(=O)C2(NC(=O)c3cc4ccc(C5(F)CCS(=O)(=O)CC5)cc4o3)CCC(F)(F)CC2)CC1. The molecule has 0 atom stereocenters. The fourth-order valence-electron chi connectivity index (χ4n) is 5.37. The molecule has 1 amide bonds. The van der Waals surface area contributed by atoms with Crippen LogP contribution in [-0.4, -0.2) is 43.1 Å². The minimum atomic E-state index is -3.26. The summed E-state index contributed by atoms with van der Waals surface area (Å²) in [5, 5.41) is 3.21. The number of Topliss-reactive ketones (excluding diaryl/α,β-unsaturated/α-hetero) is 1. The van der Waals surface area contributed by atoms with Crippen LogP contribution in [0.3, 0.4) is 0 Å². The molecule has 0 bridgehead atoms. The summed E-state index contributed by atoms with van der Waals surface area (Å²) in [6.07, 6.45) is 5.17. The summed E-state index contributed by atoms with van der Waals surface area (Å²) in [6.45, 7) is 0. The van der Waals surface area contributed by atoms with Gasteiger partial charge in [0.1, 0.15) is 11.3 Å². The number of sulfone groups is 1. The highest BCUT2D eigenvalue weighted by molar-refractivity contribution is 7.91. The first-order valence-corrected chi connectivity index (χ1v) is 14.3. The zero-order valence-corrected chi connectivity index (χ0v) is 21.1. The molecule has 1 aromatic heterocycles. The van der Waals surface area contributed by atoms with Crippen LogP contribution in [0.15, 0.2) is 28.7 Å². The Morgan fingerprint density at radius 1 is 0.973 bits per heavy atom. The molecule has 2 heterocycles. The maximum Gasteiger partial charge on any atom is 0.287 e. The van der Waals surface area contributed by atoms with Gasteiger partial charge in [-0.25, -0.2) is 21.6 Å². The van der Waals surface area contributed by atoms with E-state index in [-0.39, 0.29) is 66.3 Å². The lowest BCUT2D eigenvalue weighted by molar-refractivity contribution is -0.131. The molecule has 2 saturated carbocycles. The maximum absolute atomic E-state index is 15.5. The van der Waals surface area contributed by atoms with Gasteiger partial charge in [-0.05, 0) is 56.2 Å². The van der Waals surface area contributed by atoms with Gasteiger partial charge < -0.3 is 9.73 Å². The van der Waals surface area contributed by atoms with E-state index in [0.717, 1.165) is 0 Å². The van der Waals surface area contributed by atoms with Crippen LogP contribution in [0.2, 0.25) is 0 Å². The zero-order chi connectivity index (χ0) is 26.7. The van der Waals surface area contributed by atoms with Crippen molar-refractivity contribution in [1.29, 1.82) is 0 Å². The van der Waals surface area contributed by atoms with Crippen LogP contribution < -0.4 is 5.32 Å². The Kier molecular flexibility index (Phi) is 6.02. The summed E-state index contributed by atoms with van der Waals surface area (Å²) >= 11 is 0. The molecule has 1 aliphatic heterocycles. The second kappa shape index (κ2) is 8.62. The molecule has 2 aromatic rings. The molecule has 1 N–H and O–H groups in total. The number of fused-ring (bicyclic) bond motifs is 1. The second-order valence-corrected chi connectivity index (χ2v) is 13.2.